The van der Waals surface area contributed by atoms with E-state index in [9.17, 15) is 8.42 Å². The molecule has 0 aromatic heterocycles. The zero-order valence-electron chi connectivity index (χ0n) is 12.2. The maximum atomic E-state index is 10.4. The zero-order chi connectivity index (χ0) is 14.7. The van der Waals surface area contributed by atoms with Crippen molar-refractivity contribution in [2.75, 3.05) is 0 Å². The molecule has 0 aliphatic heterocycles. The van der Waals surface area contributed by atoms with Crippen LogP contribution in [0.5, 0.6) is 0 Å². The van der Waals surface area contributed by atoms with Crippen molar-refractivity contribution < 1.29 is 59.6 Å². The zero-order valence-corrected chi connectivity index (χ0v) is 16.1. The van der Waals surface area contributed by atoms with Crippen molar-refractivity contribution in [1.29, 1.82) is 0 Å². The summed E-state index contributed by atoms with van der Waals surface area (Å²) in [7, 11) is -4.00. The Bertz CT molecular complexity index is 575. The smallest absolute Gasteiger partial charge is 0.282 e. The van der Waals surface area contributed by atoms with Crippen LogP contribution in [0, 0.1) is 0 Å². The van der Waals surface area contributed by atoms with E-state index in [2.05, 4.69) is 0 Å². The Labute approximate surface area is 164 Å². The number of hydrogen-bond acceptors (Lipinski definition) is 2. The van der Waals surface area contributed by atoms with Gasteiger partial charge in [0.15, 0.2) is 0 Å². The summed E-state index contributed by atoms with van der Waals surface area (Å²) in [5.41, 5.74) is 0. The minimum Gasteiger partial charge on any atom is -0.282 e. The van der Waals surface area contributed by atoms with Crippen LogP contribution in [0.2, 0.25) is 0 Å². The summed E-state index contributed by atoms with van der Waals surface area (Å²) in [5, 5.41) is 0. The van der Waals surface area contributed by atoms with Crippen molar-refractivity contribution in [2.45, 2.75) is 4.90 Å². The fourth-order valence-electron chi connectivity index (χ4n) is 1.23. The van der Waals surface area contributed by atoms with Crippen molar-refractivity contribution in [3.8, 4) is 0 Å². The van der Waals surface area contributed by atoms with Crippen LogP contribution in [0.4, 0.5) is 0 Å². The van der Waals surface area contributed by atoms with Crippen molar-refractivity contribution in [1.82, 2.24) is 0 Å². The van der Waals surface area contributed by atoms with Gasteiger partial charge in [0.05, 0.1) is 4.90 Å². The average molecular weight is 367 g/mol. The van der Waals surface area contributed by atoms with E-state index in [1.54, 1.807) is 18.2 Å². The summed E-state index contributed by atoms with van der Waals surface area (Å²) in [4.78, 5) is -0.0741. The number of rotatable bonds is 1. The summed E-state index contributed by atoms with van der Waals surface area (Å²) in [6.07, 6.45) is 0. The second-order valence-electron chi connectivity index (χ2n) is 3.71. The normalized spacial score (nSPS) is 8.77. The number of benzene rings is 1. The topological polar surface area (TPSA) is 54.4 Å². The quantitative estimate of drug-likeness (QED) is 0.392. The van der Waals surface area contributed by atoms with Gasteiger partial charge in [-0.05, 0) is 12.1 Å². The van der Waals surface area contributed by atoms with Gasteiger partial charge in [0.25, 0.3) is 10.1 Å². The first kappa shape index (κ1) is 23.6. The van der Waals surface area contributed by atoms with E-state index < -0.39 is 10.1 Å². The first-order valence-corrected chi connectivity index (χ1v) is 7.40. The van der Waals surface area contributed by atoms with Crippen molar-refractivity contribution in [3.05, 3.63) is 91.0 Å². The second-order valence-corrected chi connectivity index (χ2v) is 5.13. The van der Waals surface area contributed by atoms with Crippen LogP contribution in [0.15, 0.2) is 95.9 Å². The molecule has 0 radical (unpaired) electrons. The van der Waals surface area contributed by atoms with Crippen LogP contribution >= 0.6 is 0 Å². The van der Waals surface area contributed by atoms with Crippen molar-refractivity contribution in [3.63, 3.8) is 0 Å². The Morgan fingerprint density at radius 1 is 0.727 bits per heavy atom. The van der Waals surface area contributed by atoms with Crippen LogP contribution in [-0.4, -0.2) is 13.0 Å². The Balaban J connectivity index is 0. The Kier molecular flexibility index (Phi) is 15.0. The molecule has 0 saturated heterocycles. The first-order valence-electron chi connectivity index (χ1n) is 5.96. The molecular weight excluding hydrogens is 351 g/mol. The Morgan fingerprint density at radius 3 is 1.27 bits per heavy atom. The molecule has 1 N–H and O–H groups in total. The van der Waals surface area contributed by atoms with Crippen molar-refractivity contribution >= 4 is 10.1 Å². The molecular formula is C16H16FeNaO3S+. The molecule has 0 amide bonds. The SMILES string of the molecule is O=S(=O)(O)c1ccccc1.[Fe+2].[Na+].c1cc[cH-]c1.c1cc[cH-]c1. The van der Waals surface area contributed by atoms with Gasteiger partial charge in [0, 0.05) is 0 Å². The predicted octanol–water partition coefficient (Wildman–Crippen LogP) is 0.746. The molecule has 3 rings (SSSR count). The van der Waals surface area contributed by atoms with Gasteiger partial charge >= 0.3 is 46.6 Å². The summed E-state index contributed by atoms with van der Waals surface area (Å²) in [5.74, 6) is 0. The van der Waals surface area contributed by atoms with Gasteiger partial charge in [-0.2, -0.15) is 44.8 Å². The van der Waals surface area contributed by atoms with Gasteiger partial charge in [-0.1, -0.05) is 18.2 Å². The largest absolute Gasteiger partial charge is 2.00 e. The number of hydrogen-bond donors (Lipinski definition) is 1. The summed E-state index contributed by atoms with van der Waals surface area (Å²) in [6.45, 7) is 0. The molecule has 0 aliphatic rings. The molecule has 0 aliphatic carbocycles. The molecule has 6 heteroatoms. The molecule has 0 unspecified atom stereocenters. The van der Waals surface area contributed by atoms with E-state index in [4.69, 9.17) is 4.55 Å². The minimum atomic E-state index is -4.00. The molecule has 0 heterocycles. The molecule has 3 aromatic rings. The molecule has 3 nitrogen and oxygen atoms in total. The Hall–Kier alpha value is -0.651. The van der Waals surface area contributed by atoms with Gasteiger partial charge in [-0.15, -0.1) is 0 Å². The predicted molar refractivity (Wildman–Crippen MR) is 80.3 cm³/mol. The molecule has 0 spiro atoms. The van der Waals surface area contributed by atoms with E-state index >= 15 is 0 Å². The van der Waals surface area contributed by atoms with E-state index in [0.717, 1.165) is 0 Å². The van der Waals surface area contributed by atoms with E-state index in [0.29, 0.717) is 0 Å². The first-order chi connectivity index (χ1) is 9.61. The van der Waals surface area contributed by atoms with E-state index in [1.807, 2.05) is 60.7 Å². The third-order valence-electron chi connectivity index (χ3n) is 2.15. The van der Waals surface area contributed by atoms with Gasteiger partial charge in [0.2, 0.25) is 0 Å². The maximum absolute atomic E-state index is 10.4. The minimum absolute atomic E-state index is 0. The molecule has 0 bridgehead atoms. The fourth-order valence-corrected chi connectivity index (χ4v) is 1.74. The van der Waals surface area contributed by atoms with Gasteiger partial charge in [-0.25, -0.2) is 24.3 Å². The average Bonchev–Trinajstić information content (AvgIpc) is 3.17. The van der Waals surface area contributed by atoms with Gasteiger partial charge < -0.3 is 0 Å². The van der Waals surface area contributed by atoms with E-state index in [-0.39, 0.29) is 51.5 Å². The summed E-state index contributed by atoms with van der Waals surface area (Å²) >= 11 is 0. The molecule has 0 saturated carbocycles. The molecule has 0 fully saturated rings. The van der Waals surface area contributed by atoms with Crippen LogP contribution < -0.4 is 29.6 Å². The molecule has 3 aromatic carbocycles. The van der Waals surface area contributed by atoms with Gasteiger partial charge in [0.1, 0.15) is 0 Å². The molecule has 0 atom stereocenters. The monoisotopic (exact) mass is 367 g/mol. The molecule has 22 heavy (non-hydrogen) atoms. The van der Waals surface area contributed by atoms with Crippen LogP contribution in [0.25, 0.3) is 0 Å². The van der Waals surface area contributed by atoms with Crippen LogP contribution in [0.1, 0.15) is 0 Å². The summed E-state index contributed by atoms with van der Waals surface area (Å²) in [6, 6.07) is 27.4. The van der Waals surface area contributed by atoms with Crippen molar-refractivity contribution in [2.24, 2.45) is 0 Å². The third-order valence-corrected chi connectivity index (χ3v) is 3.02. The maximum Gasteiger partial charge on any atom is 2.00 e. The van der Waals surface area contributed by atoms with E-state index in [1.165, 1.54) is 12.1 Å². The second kappa shape index (κ2) is 14.0. The Morgan fingerprint density at radius 2 is 1.09 bits per heavy atom. The van der Waals surface area contributed by atoms with Crippen LogP contribution in [-0.2, 0) is 27.2 Å². The standard InChI is InChI=1S/C6H6O3S.2C5H5.Fe.Na/c7-10(8,9)6-4-2-1-3-5-6;2*1-2-4-5-3-1;;/h1-5H,(H,7,8,9);2*1-5H;;/q;2*-1;+2;+1. The summed E-state index contributed by atoms with van der Waals surface area (Å²) < 4.78 is 29.2. The van der Waals surface area contributed by atoms with Crippen LogP contribution in [0.3, 0.4) is 0 Å². The fraction of sp³-hybridized carbons (Fsp3) is 0. The van der Waals surface area contributed by atoms with Gasteiger partial charge in [-0.3, -0.25) is 4.55 Å². The molecule has 112 valence electrons. The third kappa shape index (κ3) is 11.9.